The summed E-state index contributed by atoms with van der Waals surface area (Å²) < 4.78 is 0. The molecule has 0 aromatic rings. The van der Waals surface area contributed by atoms with Gasteiger partial charge in [-0.25, -0.2) is 0 Å². The Hall–Kier alpha value is -0.0400. The second kappa shape index (κ2) is 2.78. The minimum atomic E-state index is 0.867. The molecule has 2 aliphatic heterocycles. The third kappa shape index (κ3) is 1.31. The number of fused-ring (bicyclic) bond motifs is 1. The van der Waals surface area contributed by atoms with Gasteiger partial charge in [0.2, 0.25) is 0 Å². The molecule has 11 heavy (non-hydrogen) atoms. The van der Waals surface area contributed by atoms with E-state index in [1.807, 2.05) is 0 Å². The van der Waals surface area contributed by atoms with Crippen LogP contribution in [-0.4, -0.2) is 23.5 Å². The summed E-state index contributed by atoms with van der Waals surface area (Å²) in [6, 6.07) is 1.82. The molecular formula is C10H19N. The molecule has 0 N–H and O–H groups in total. The standard InChI is InChI=1S/C10H19N/c1-8-6-9(2)11-5-3-4-10(11)7-8/h8-10H,3-7H2,1-2H3. The molecule has 2 heterocycles. The Morgan fingerprint density at radius 3 is 2.82 bits per heavy atom. The van der Waals surface area contributed by atoms with E-state index in [9.17, 15) is 0 Å². The van der Waals surface area contributed by atoms with Crippen molar-refractivity contribution in [1.29, 1.82) is 0 Å². The number of nitrogens with zero attached hydrogens (tertiary/aromatic N) is 1. The summed E-state index contributed by atoms with van der Waals surface area (Å²) in [6.07, 6.45) is 5.80. The fourth-order valence-corrected chi connectivity index (χ4v) is 2.97. The quantitative estimate of drug-likeness (QED) is 0.516. The van der Waals surface area contributed by atoms with Crippen LogP contribution < -0.4 is 0 Å². The van der Waals surface area contributed by atoms with Crippen molar-refractivity contribution in [3.8, 4) is 0 Å². The molecule has 2 rings (SSSR count). The SMILES string of the molecule is CC1CC(C)N2CCCC2C1. The van der Waals surface area contributed by atoms with E-state index in [0.29, 0.717) is 0 Å². The van der Waals surface area contributed by atoms with Crippen molar-refractivity contribution in [2.45, 2.75) is 51.6 Å². The van der Waals surface area contributed by atoms with Crippen LogP contribution in [0.2, 0.25) is 0 Å². The van der Waals surface area contributed by atoms with Crippen LogP contribution in [0.5, 0.6) is 0 Å². The van der Waals surface area contributed by atoms with E-state index in [1.165, 1.54) is 32.2 Å². The molecule has 1 nitrogen and oxygen atoms in total. The monoisotopic (exact) mass is 153 g/mol. The van der Waals surface area contributed by atoms with Gasteiger partial charge in [-0.2, -0.15) is 0 Å². The normalized spacial score (nSPS) is 45.8. The molecule has 2 saturated heterocycles. The Bertz CT molecular complexity index is 144. The van der Waals surface area contributed by atoms with Gasteiger partial charge >= 0.3 is 0 Å². The van der Waals surface area contributed by atoms with Gasteiger partial charge in [-0.15, -0.1) is 0 Å². The molecule has 0 bridgehead atoms. The Morgan fingerprint density at radius 1 is 1.18 bits per heavy atom. The second-order valence-corrected chi connectivity index (χ2v) is 4.46. The summed E-state index contributed by atoms with van der Waals surface area (Å²) in [6.45, 7) is 6.18. The number of piperidine rings is 1. The fourth-order valence-electron chi connectivity index (χ4n) is 2.97. The summed E-state index contributed by atoms with van der Waals surface area (Å²) in [4.78, 5) is 2.72. The molecule has 0 saturated carbocycles. The summed E-state index contributed by atoms with van der Waals surface area (Å²) >= 11 is 0. The first-order chi connectivity index (χ1) is 5.27. The minimum Gasteiger partial charge on any atom is -0.298 e. The number of rotatable bonds is 0. The van der Waals surface area contributed by atoms with Crippen LogP contribution in [-0.2, 0) is 0 Å². The first-order valence-corrected chi connectivity index (χ1v) is 5.03. The first kappa shape index (κ1) is 7.60. The van der Waals surface area contributed by atoms with E-state index in [0.717, 1.165) is 18.0 Å². The summed E-state index contributed by atoms with van der Waals surface area (Å²) in [7, 11) is 0. The van der Waals surface area contributed by atoms with Crippen LogP contribution in [0.15, 0.2) is 0 Å². The van der Waals surface area contributed by atoms with Crippen LogP contribution in [0.4, 0.5) is 0 Å². The zero-order valence-corrected chi connectivity index (χ0v) is 7.71. The van der Waals surface area contributed by atoms with E-state index >= 15 is 0 Å². The van der Waals surface area contributed by atoms with E-state index in [-0.39, 0.29) is 0 Å². The lowest BCUT2D eigenvalue weighted by Crippen LogP contribution is -2.43. The van der Waals surface area contributed by atoms with Crippen LogP contribution in [0.25, 0.3) is 0 Å². The zero-order chi connectivity index (χ0) is 7.84. The molecule has 3 atom stereocenters. The topological polar surface area (TPSA) is 3.24 Å². The van der Waals surface area contributed by atoms with Gasteiger partial charge in [0.05, 0.1) is 0 Å². The van der Waals surface area contributed by atoms with Crippen LogP contribution >= 0.6 is 0 Å². The maximum Gasteiger partial charge on any atom is 0.0101 e. The highest BCUT2D eigenvalue weighted by Crippen LogP contribution is 2.33. The fraction of sp³-hybridized carbons (Fsp3) is 1.00. The third-order valence-corrected chi connectivity index (χ3v) is 3.41. The van der Waals surface area contributed by atoms with Gasteiger partial charge < -0.3 is 0 Å². The molecule has 0 aliphatic carbocycles. The molecule has 0 aromatic carbocycles. The number of hydrogen-bond donors (Lipinski definition) is 0. The molecule has 2 aliphatic rings. The molecule has 64 valence electrons. The zero-order valence-electron chi connectivity index (χ0n) is 7.71. The smallest absolute Gasteiger partial charge is 0.0101 e. The highest BCUT2D eigenvalue weighted by molar-refractivity contribution is 4.89. The third-order valence-electron chi connectivity index (χ3n) is 3.41. The number of hydrogen-bond acceptors (Lipinski definition) is 1. The van der Waals surface area contributed by atoms with Crippen molar-refractivity contribution in [2.75, 3.05) is 6.54 Å². The highest BCUT2D eigenvalue weighted by atomic mass is 15.2. The van der Waals surface area contributed by atoms with Gasteiger partial charge in [-0.05, 0) is 45.1 Å². The largest absolute Gasteiger partial charge is 0.298 e. The van der Waals surface area contributed by atoms with Gasteiger partial charge in [0.25, 0.3) is 0 Å². The lowest BCUT2D eigenvalue weighted by Gasteiger charge is -2.38. The van der Waals surface area contributed by atoms with Crippen molar-refractivity contribution in [1.82, 2.24) is 4.90 Å². The molecule has 0 aromatic heterocycles. The minimum absolute atomic E-state index is 0.867. The Morgan fingerprint density at radius 2 is 2.00 bits per heavy atom. The molecule has 0 amide bonds. The maximum atomic E-state index is 2.72. The van der Waals surface area contributed by atoms with E-state index in [1.54, 1.807) is 0 Å². The van der Waals surface area contributed by atoms with E-state index < -0.39 is 0 Å². The molecule has 0 radical (unpaired) electrons. The molecule has 0 spiro atoms. The predicted molar refractivity (Wildman–Crippen MR) is 47.6 cm³/mol. The Kier molecular flexibility index (Phi) is 1.92. The van der Waals surface area contributed by atoms with E-state index in [2.05, 4.69) is 18.7 Å². The summed E-state index contributed by atoms with van der Waals surface area (Å²) in [5.41, 5.74) is 0. The molecular weight excluding hydrogens is 134 g/mol. The first-order valence-electron chi connectivity index (χ1n) is 5.03. The van der Waals surface area contributed by atoms with Crippen LogP contribution in [0.3, 0.4) is 0 Å². The van der Waals surface area contributed by atoms with Crippen molar-refractivity contribution in [3.63, 3.8) is 0 Å². The second-order valence-electron chi connectivity index (χ2n) is 4.46. The molecule has 1 heteroatoms. The van der Waals surface area contributed by atoms with Crippen molar-refractivity contribution in [3.05, 3.63) is 0 Å². The Balaban J connectivity index is 2.04. The highest BCUT2D eigenvalue weighted by Gasteiger charge is 2.34. The average molecular weight is 153 g/mol. The van der Waals surface area contributed by atoms with Crippen molar-refractivity contribution >= 4 is 0 Å². The van der Waals surface area contributed by atoms with Crippen LogP contribution in [0, 0.1) is 5.92 Å². The predicted octanol–water partition coefficient (Wildman–Crippen LogP) is 2.27. The average Bonchev–Trinajstić information content (AvgIpc) is 2.34. The van der Waals surface area contributed by atoms with Gasteiger partial charge in [-0.3, -0.25) is 4.90 Å². The summed E-state index contributed by atoms with van der Waals surface area (Å²) in [5, 5.41) is 0. The maximum absolute atomic E-state index is 2.72. The van der Waals surface area contributed by atoms with Gasteiger partial charge in [0.15, 0.2) is 0 Å². The van der Waals surface area contributed by atoms with E-state index in [4.69, 9.17) is 0 Å². The van der Waals surface area contributed by atoms with Gasteiger partial charge in [0, 0.05) is 12.1 Å². The molecule has 2 fully saturated rings. The van der Waals surface area contributed by atoms with Gasteiger partial charge in [0.1, 0.15) is 0 Å². The van der Waals surface area contributed by atoms with Crippen molar-refractivity contribution < 1.29 is 0 Å². The Labute approximate surface area is 69.8 Å². The van der Waals surface area contributed by atoms with Crippen molar-refractivity contribution in [2.24, 2.45) is 5.92 Å². The lowest BCUT2D eigenvalue weighted by atomic mass is 9.89. The lowest BCUT2D eigenvalue weighted by molar-refractivity contribution is 0.103. The summed E-state index contributed by atoms with van der Waals surface area (Å²) in [5.74, 6) is 0.976. The molecule has 3 unspecified atom stereocenters. The van der Waals surface area contributed by atoms with Crippen LogP contribution in [0.1, 0.15) is 39.5 Å². The van der Waals surface area contributed by atoms with Gasteiger partial charge in [-0.1, -0.05) is 6.92 Å².